The van der Waals surface area contributed by atoms with E-state index in [9.17, 15) is 9.90 Å². The second kappa shape index (κ2) is 13.3. The van der Waals surface area contributed by atoms with Crippen LogP contribution in [0.4, 0.5) is 0 Å². The van der Waals surface area contributed by atoms with Crippen LogP contribution in [0.1, 0.15) is 10.4 Å². The summed E-state index contributed by atoms with van der Waals surface area (Å²) in [6.45, 7) is 0. The number of para-hydroxylation sites is 1. The molecule has 0 saturated heterocycles. The van der Waals surface area contributed by atoms with E-state index in [1.807, 2.05) is 115 Å². The van der Waals surface area contributed by atoms with E-state index in [0.29, 0.717) is 0 Å². The van der Waals surface area contributed by atoms with Gasteiger partial charge in [-0.05, 0) is 92.2 Å². The van der Waals surface area contributed by atoms with Crippen LogP contribution in [0.2, 0.25) is 0 Å². The molecule has 0 aliphatic rings. The van der Waals surface area contributed by atoms with Gasteiger partial charge in [-0.1, -0.05) is 140 Å². The van der Waals surface area contributed by atoms with E-state index < -0.39 is 16.3 Å². The van der Waals surface area contributed by atoms with Gasteiger partial charge in [0, 0.05) is 14.7 Å². The minimum atomic E-state index is -2.81. The van der Waals surface area contributed by atoms with Crippen molar-refractivity contribution in [2.24, 2.45) is 0 Å². The zero-order chi connectivity index (χ0) is 32.1. The van der Waals surface area contributed by atoms with Gasteiger partial charge < -0.3 is 9.29 Å². The van der Waals surface area contributed by atoms with Crippen molar-refractivity contribution in [1.82, 2.24) is 0 Å². The third kappa shape index (κ3) is 5.83. The molecule has 0 aliphatic carbocycles. The minimum absolute atomic E-state index is 0.111. The van der Waals surface area contributed by atoms with Crippen molar-refractivity contribution >= 4 is 16.3 Å². The molecule has 0 amide bonds. The van der Waals surface area contributed by atoms with Gasteiger partial charge in [0.1, 0.15) is 11.3 Å². The molecular weight excluding hydrogens is 597 g/mol. The molecule has 47 heavy (non-hydrogen) atoms. The van der Waals surface area contributed by atoms with Crippen LogP contribution in [-0.4, -0.2) is 11.1 Å². The van der Waals surface area contributed by atoms with E-state index in [-0.39, 0.29) is 11.3 Å². The number of hydrogen-bond acceptors (Lipinski definition) is 3. The zero-order valence-corrected chi connectivity index (χ0v) is 26.4. The molecular formula is C43H32O3S. The van der Waals surface area contributed by atoms with Gasteiger partial charge in [0.15, 0.2) is 0 Å². The van der Waals surface area contributed by atoms with E-state index in [1.165, 1.54) is 6.07 Å². The lowest BCUT2D eigenvalue weighted by Crippen LogP contribution is -2.16. The monoisotopic (exact) mass is 628 g/mol. The molecule has 7 aromatic rings. The second-order valence-corrected chi connectivity index (χ2v) is 13.7. The number of carbonyl (C=O) groups excluding carboxylic acids is 1. The maximum atomic E-state index is 14.4. The highest BCUT2D eigenvalue weighted by atomic mass is 32.3. The average molecular weight is 629 g/mol. The van der Waals surface area contributed by atoms with Crippen molar-refractivity contribution in [3.05, 3.63) is 194 Å². The number of phenols is 1. The highest BCUT2D eigenvalue weighted by Gasteiger charge is 2.40. The van der Waals surface area contributed by atoms with Gasteiger partial charge in [0.2, 0.25) is 0 Å². The third-order valence-electron chi connectivity index (χ3n) is 8.13. The molecule has 3 nitrogen and oxygen atoms in total. The van der Waals surface area contributed by atoms with Crippen molar-refractivity contribution in [1.29, 1.82) is 0 Å². The van der Waals surface area contributed by atoms with Crippen LogP contribution in [0.15, 0.2) is 203 Å². The fraction of sp³-hybridized carbons (Fsp3) is 0. The van der Waals surface area contributed by atoms with Crippen LogP contribution in [0, 0.1) is 0 Å². The zero-order valence-electron chi connectivity index (χ0n) is 25.6. The first kappa shape index (κ1) is 29.8. The van der Waals surface area contributed by atoms with E-state index in [2.05, 4.69) is 48.5 Å². The molecule has 7 rings (SSSR count). The second-order valence-electron chi connectivity index (χ2n) is 11.1. The normalized spacial score (nSPS) is 11.5. The predicted molar refractivity (Wildman–Crippen MR) is 192 cm³/mol. The van der Waals surface area contributed by atoms with Gasteiger partial charge in [-0.15, -0.1) is 0 Å². The van der Waals surface area contributed by atoms with Gasteiger partial charge in [-0.3, -0.25) is 0 Å². The Labute approximate surface area is 276 Å². The molecule has 4 heteroatoms. The van der Waals surface area contributed by atoms with Crippen LogP contribution < -0.4 is 0 Å². The van der Waals surface area contributed by atoms with E-state index in [1.54, 1.807) is 18.2 Å². The maximum absolute atomic E-state index is 14.4. The Morgan fingerprint density at radius 1 is 0.447 bits per heavy atom. The Morgan fingerprint density at radius 3 is 1.28 bits per heavy atom. The van der Waals surface area contributed by atoms with Gasteiger partial charge >= 0.3 is 5.97 Å². The summed E-state index contributed by atoms with van der Waals surface area (Å²) in [6.07, 6.45) is 0. The molecule has 228 valence electrons. The standard InChI is InChI=1S/C43H32O3S/c44-41-29-17-16-28-38(41)43(45)46-47(36-24-12-4-13-25-36,37-26-14-5-15-27-37)42-39(33-20-8-2-9-21-33)30-35(32-18-6-1-7-19-32)31-40(42)34-22-10-3-11-23-34/h1-31,44H. The molecule has 0 heterocycles. The molecule has 0 bridgehead atoms. The summed E-state index contributed by atoms with van der Waals surface area (Å²) in [6, 6.07) is 61.9. The number of benzene rings is 7. The molecule has 0 spiro atoms. The lowest BCUT2D eigenvalue weighted by Gasteiger charge is -2.42. The van der Waals surface area contributed by atoms with Gasteiger partial charge in [0.25, 0.3) is 0 Å². The van der Waals surface area contributed by atoms with Gasteiger partial charge in [-0.25, -0.2) is 4.79 Å². The van der Waals surface area contributed by atoms with Crippen molar-refractivity contribution in [2.75, 3.05) is 0 Å². The number of rotatable bonds is 8. The van der Waals surface area contributed by atoms with Crippen molar-refractivity contribution in [2.45, 2.75) is 14.7 Å². The average Bonchev–Trinajstić information content (AvgIpc) is 3.15. The topological polar surface area (TPSA) is 46.5 Å². The van der Waals surface area contributed by atoms with Crippen LogP contribution in [0.3, 0.4) is 0 Å². The summed E-state index contributed by atoms with van der Waals surface area (Å²) in [7, 11) is -2.81. The fourth-order valence-electron chi connectivity index (χ4n) is 5.94. The van der Waals surface area contributed by atoms with E-state index in [4.69, 9.17) is 4.18 Å². The lowest BCUT2D eigenvalue weighted by molar-refractivity contribution is 0.0754. The summed E-state index contributed by atoms with van der Waals surface area (Å²) >= 11 is 0. The Balaban J connectivity index is 1.66. The first-order valence-electron chi connectivity index (χ1n) is 15.4. The highest BCUT2D eigenvalue weighted by molar-refractivity contribution is 8.30. The molecule has 0 aliphatic heterocycles. The Hall–Kier alpha value is -5.84. The van der Waals surface area contributed by atoms with Crippen molar-refractivity contribution < 1.29 is 14.1 Å². The minimum Gasteiger partial charge on any atom is -0.507 e. The molecule has 0 aromatic heterocycles. The van der Waals surface area contributed by atoms with Crippen molar-refractivity contribution in [3.8, 4) is 39.1 Å². The van der Waals surface area contributed by atoms with Crippen LogP contribution in [-0.2, 0) is 4.18 Å². The number of hydrogen-bond donors (Lipinski definition) is 1. The molecule has 0 fully saturated rings. The molecule has 0 radical (unpaired) electrons. The summed E-state index contributed by atoms with van der Waals surface area (Å²) in [5, 5.41) is 10.8. The molecule has 0 atom stereocenters. The number of aromatic hydroxyl groups is 1. The van der Waals surface area contributed by atoms with Crippen molar-refractivity contribution in [3.63, 3.8) is 0 Å². The number of phenolic OH excluding ortho intramolecular Hbond substituents is 1. The smallest absolute Gasteiger partial charge is 0.353 e. The predicted octanol–water partition coefficient (Wildman–Crippen LogP) is 11.4. The Bertz CT molecular complexity index is 2020. The highest BCUT2D eigenvalue weighted by Crippen LogP contribution is 2.73. The van der Waals surface area contributed by atoms with E-state index in [0.717, 1.165) is 48.1 Å². The van der Waals surface area contributed by atoms with Crippen LogP contribution >= 0.6 is 10.3 Å². The summed E-state index contributed by atoms with van der Waals surface area (Å²) in [5.74, 6) is -0.728. The molecule has 0 unspecified atom stereocenters. The first-order valence-corrected chi connectivity index (χ1v) is 17.0. The molecule has 7 aromatic carbocycles. The largest absolute Gasteiger partial charge is 0.507 e. The molecule has 1 N–H and O–H groups in total. The maximum Gasteiger partial charge on any atom is 0.353 e. The molecule has 0 saturated carbocycles. The summed E-state index contributed by atoms with van der Waals surface area (Å²) < 4.78 is 7.02. The SMILES string of the molecule is O=C(OS(c1ccccc1)(c1ccccc1)c1c(-c2ccccc2)cc(-c2ccccc2)cc1-c1ccccc1)c1ccccc1O. The number of carbonyl (C=O) groups is 1. The quantitative estimate of drug-likeness (QED) is 0.182. The van der Waals surface area contributed by atoms with Crippen LogP contribution in [0.25, 0.3) is 33.4 Å². The fourth-order valence-corrected chi connectivity index (χ4v) is 9.33. The first-order chi connectivity index (χ1) is 23.1. The van der Waals surface area contributed by atoms with E-state index >= 15 is 0 Å². The van der Waals surface area contributed by atoms with Gasteiger partial charge in [0.05, 0.1) is 0 Å². The Kier molecular flexibility index (Phi) is 8.42. The lowest BCUT2D eigenvalue weighted by atomic mass is 9.93. The third-order valence-corrected chi connectivity index (χ3v) is 11.4. The summed E-state index contributed by atoms with van der Waals surface area (Å²) in [5.41, 5.74) is 6.16. The summed E-state index contributed by atoms with van der Waals surface area (Å²) in [4.78, 5) is 17.0. The Morgan fingerprint density at radius 2 is 0.830 bits per heavy atom. The van der Waals surface area contributed by atoms with Crippen LogP contribution in [0.5, 0.6) is 5.75 Å². The van der Waals surface area contributed by atoms with Gasteiger partial charge in [-0.2, -0.15) is 0 Å².